The maximum Gasteiger partial charge on any atom is 0.181 e. The molecule has 0 unspecified atom stereocenters. The first-order valence-electron chi connectivity index (χ1n) is 6.58. The first-order chi connectivity index (χ1) is 9.60. The fourth-order valence-electron chi connectivity index (χ4n) is 2.01. The number of anilines is 1. The van der Waals surface area contributed by atoms with Crippen LogP contribution in [0.1, 0.15) is 21.5 Å². The zero-order chi connectivity index (χ0) is 14.5. The predicted molar refractivity (Wildman–Crippen MR) is 81.7 cm³/mol. The molecule has 1 N–H and O–H groups in total. The van der Waals surface area contributed by atoms with Gasteiger partial charge in [0.2, 0.25) is 0 Å². The van der Waals surface area contributed by atoms with E-state index in [9.17, 15) is 4.79 Å². The summed E-state index contributed by atoms with van der Waals surface area (Å²) in [5, 5.41) is 3.14. The number of ketones is 1. The summed E-state index contributed by atoms with van der Waals surface area (Å²) in [4.78, 5) is 12.1. The van der Waals surface area contributed by atoms with E-state index >= 15 is 0 Å². The summed E-state index contributed by atoms with van der Waals surface area (Å²) < 4.78 is 5.19. The molecule has 2 rings (SSSR count). The summed E-state index contributed by atoms with van der Waals surface area (Å²) in [5.41, 5.74) is 3.82. The monoisotopic (exact) mass is 269 g/mol. The van der Waals surface area contributed by atoms with Crippen LogP contribution in [0.4, 0.5) is 5.69 Å². The fourth-order valence-corrected chi connectivity index (χ4v) is 2.01. The van der Waals surface area contributed by atoms with Gasteiger partial charge in [-0.1, -0.05) is 17.7 Å². The molecule has 2 aromatic carbocycles. The number of Topliss-reactive ketones (excluding diaryl/α,β-unsaturated/α-hetero) is 1. The van der Waals surface area contributed by atoms with Crippen LogP contribution in [0.15, 0.2) is 42.5 Å². The second kappa shape index (κ2) is 6.24. The van der Waals surface area contributed by atoms with Crippen molar-refractivity contribution < 1.29 is 9.53 Å². The molecule has 0 atom stereocenters. The Morgan fingerprint density at radius 2 is 1.80 bits per heavy atom. The van der Waals surface area contributed by atoms with E-state index in [1.165, 1.54) is 5.56 Å². The third kappa shape index (κ3) is 3.38. The number of carbonyl (C=O) groups excluding carboxylic acids is 1. The highest BCUT2D eigenvalue weighted by Crippen LogP contribution is 2.19. The highest BCUT2D eigenvalue weighted by molar-refractivity contribution is 5.99. The summed E-state index contributed by atoms with van der Waals surface area (Å²) in [6, 6.07) is 13.5. The van der Waals surface area contributed by atoms with Crippen LogP contribution in [-0.4, -0.2) is 19.4 Å². The maximum absolute atomic E-state index is 12.1. The molecule has 0 heterocycles. The van der Waals surface area contributed by atoms with E-state index in [0.29, 0.717) is 5.56 Å². The van der Waals surface area contributed by atoms with E-state index in [-0.39, 0.29) is 12.3 Å². The van der Waals surface area contributed by atoms with Crippen LogP contribution in [0, 0.1) is 13.8 Å². The number of aryl methyl sites for hydroxylation is 2. The van der Waals surface area contributed by atoms with Crippen LogP contribution in [0.25, 0.3) is 0 Å². The number of hydrogen-bond donors (Lipinski definition) is 1. The van der Waals surface area contributed by atoms with Crippen molar-refractivity contribution in [2.24, 2.45) is 0 Å². The molecule has 3 heteroatoms. The molecule has 20 heavy (non-hydrogen) atoms. The lowest BCUT2D eigenvalue weighted by Crippen LogP contribution is -2.14. The van der Waals surface area contributed by atoms with Crippen molar-refractivity contribution in [2.45, 2.75) is 13.8 Å². The summed E-state index contributed by atoms with van der Waals surface area (Å²) in [5.74, 6) is 0.865. The Balaban J connectivity index is 2.01. The first kappa shape index (κ1) is 14.1. The lowest BCUT2D eigenvalue weighted by Gasteiger charge is -2.08. The van der Waals surface area contributed by atoms with Crippen molar-refractivity contribution in [2.75, 3.05) is 19.0 Å². The number of benzene rings is 2. The molecule has 0 aliphatic heterocycles. The summed E-state index contributed by atoms with van der Waals surface area (Å²) >= 11 is 0. The van der Waals surface area contributed by atoms with E-state index in [2.05, 4.69) is 5.32 Å². The number of methoxy groups -OCH3 is 1. The molecule has 0 aliphatic rings. The minimum atomic E-state index is 0.0660. The van der Waals surface area contributed by atoms with Gasteiger partial charge in [-0.2, -0.15) is 0 Å². The molecule has 3 nitrogen and oxygen atoms in total. The van der Waals surface area contributed by atoms with Gasteiger partial charge in [-0.05, 0) is 49.7 Å². The van der Waals surface area contributed by atoms with Crippen molar-refractivity contribution in [3.8, 4) is 5.75 Å². The van der Waals surface area contributed by atoms with Crippen LogP contribution in [-0.2, 0) is 0 Å². The van der Waals surface area contributed by atoms with E-state index in [0.717, 1.165) is 17.0 Å². The Labute approximate surface area is 119 Å². The second-order valence-corrected chi connectivity index (χ2v) is 4.83. The van der Waals surface area contributed by atoms with Gasteiger partial charge in [0.25, 0.3) is 0 Å². The van der Waals surface area contributed by atoms with Gasteiger partial charge in [-0.3, -0.25) is 4.79 Å². The normalized spacial score (nSPS) is 10.2. The van der Waals surface area contributed by atoms with Gasteiger partial charge in [0, 0.05) is 11.3 Å². The van der Waals surface area contributed by atoms with Gasteiger partial charge in [0.1, 0.15) is 5.75 Å². The summed E-state index contributed by atoms with van der Waals surface area (Å²) in [6.45, 7) is 4.26. The molecule has 104 valence electrons. The molecule has 0 saturated carbocycles. The van der Waals surface area contributed by atoms with Crippen molar-refractivity contribution in [3.63, 3.8) is 0 Å². The minimum absolute atomic E-state index is 0.0660. The third-order valence-electron chi connectivity index (χ3n) is 3.22. The summed E-state index contributed by atoms with van der Waals surface area (Å²) in [6.07, 6.45) is 0. The Morgan fingerprint density at radius 3 is 2.40 bits per heavy atom. The number of rotatable bonds is 5. The van der Waals surface area contributed by atoms with E-state index in [1.807, 2.05) is 50.2 Å². The van der Waals surface area contributed by atoms with Gasteiger partial charge in [-0.15, -0.1) is 0 Å². The highest BCUT2D eigenvalue weighted by atomic mass is 16.5. The Hall–Kier alpha value is -2.29. The largest absolute Gasteiger partial charge is 0.496 e. The van der Waals surface area contributed by atoms with Crippen LogP contribution in [0.5, 0.6) is 5.75 Å². The van der Waals surface area contributed by atoms with Gasteiger partial charge in [0.05, 0.1) is 13.7 Å². The first-order valence-corrected chi connectivity index (χ1v) is 6.58. The number of nitrogens with one attached hydrogen (secondary N) is 1. The molecule has 0 radical (unpaired) electrons. The van der Waals surface area contributed by atoms with Gasteiger partial charge in [-0.25, -0.2) is 0 Å². The topological polar surface area (TPSA) is 38.3 Å². The smallest absolute Gasteiger partial charge is 0.181 e. The van der Waals surface area contributed by atoms with Crippen LogP contribution in [0.3, 0.4) is 0 Å². The number of hydrogen-bond acceptors (Lipinski definition) is 3. The number of ether oxygens (including phenoxy) is 1. The van der Waals surface area contributed by atoms with Crippen molar-refractivity contribution in [1.29, 1.82) is 0 Å². The molecule has 0 fully saturated rings. The summed E-state index contributed by atoms with van der Waals surface area (Å²) in [7, 11) is 1.63. The molecule has 0 aromatic heterocycles. The van der Waals surface area contributed by atoms with Crippen LogP contribution < -0.4 is 10.1 Å². The van der Waals surface area contributed by atoms with Crippen LogP contribution >= 0.6 is 0 Å². The van der Waals surface area contributed by atoms with Gasteiger partial charge < -0.3 is 10.1 Å². The maximum atomic E-state index is 12.1. The Morgan fingerprint density at radius 1 is 1.10 bits per heavy atom. The molecule has 0 spiro atoms. The quantitative estimate of drug-likeness (QED) is 0.843. The van der Waals surface area contributed by atoms with Gasteiger partial charge in [0.15, 0.2) is 5.78 Å². The molecular formula is C17H19NO2. The fraction of sp³-hybridized carbons (Fsp3) is 0.235. The van der Waals surface area contributed by atoms with E-state index < -0.39 is 0 Å². The predicted octanol–water partition coefficient (Wildman–Crippen LogP) is 3.61. The van der Waals surface area contributed by atoms with Crippen LogP contribution in [0.2, 0.25) is 0 Å². The number of carbonyl (C=O) groups is 1. The molecular weight excluding hydrogens is 250 g/mol. The standard InChI is InChI=1S/C17H19NO2/c1-12-4-7-15(8-5-12)18-11-16(19)14-6-9-17(20-3)13(2)10-14/h4-10,18H,11H2,1-3H3. The van der Waals surface area contributed by atoms with Crippen molar-refractivity contribution in [1.82, 2.24) is 0 Å². The SMILES string of the molecule is COc1ccc(C(=O)CNc2ccc(C)cc2)cc1C. The van der Waals surface area contributed by atoms with Crippen molar-refractivity contribution >= 4 is 11.5 Å². The Bertz CT molecular complexity index is 603. The zero-order valence-electron chi connectivity index (χ0n) is 12.1. The van der Waals surface area contributed by atoms with E-state index in [4.69, 9.17) is 4.74 Å². The molecule has 2 aromatic rings. The van der Waals surface area contributed by atoms with E-state index in [1.54, 1.807) is 13.2 Å². The molecule has 0 bridgehead atoms. The average molecular weight is 269 g/mol. The lowest BCUT2D eigenvalue weighted by atomic mass is 10.1. The third-order valence-corrected chi connectivity index (χ3v) is 3.22. The Kier molecular flexibility index (Phi) is 4.41. The lowest BCUT2D eigenvalue weighted by molar-refractivity contribution is 0.101. The second-order valence-electron chi connectivity index (χ2n) is 4.83. The highest BCUT2D eigenvalue weighted by Gasteiger charge is 2.08. The van der Waals surface area contributed by atoms with Crippen molar-refractivity contribution in [3.05, 3.63) is 59.2 Å². The minimum Gasteiger partial charge on any atom is -0.496 e. The molecule has 0 aliphatic carbocycles. The average Bonchev–Trinajstić information content (AvgIpc) is 2.46. The van der Waals surface area contributed by atoms with Gasteiger partial charge >= 0.3 is 0 Å². The molecule has 0 amide bonds. The zero-order valence-corrected chi connectivity index (χ0v) is 12.1. The molecule has 0 saturated heterocycles.